The van der Waals surface area contributed by atoms with Gasteiger partial charge in [0.25, 0.3) is 0 Å². The van der Waals surface area contributed by atoms with Crippen LogP contribution in [0, 0.1) is 11.3 Å². The van der Waals surface area contributed by atoms with Crippen LogP contribution in [0.5, 0.6) is 0 Å². The maximum absolute atomic E-state index is 5.71. The topological polar surface area (TPSA) is 38.0 Å². The van der Waals surface area contributed by atoms with Gasteiger partial charge in [-0.3, -0.25) is 0 Å². The van der Waals surface area contributed by atoms with Gasteiger partial charge in [0.1, 0.15) is 0 Å². The molecule has 3 N–H and O–H groups in total. The van der Waals surface area contributed by atoms with Gasteiger partial charge in [-0.2, -0.15) is 0 Å². The molecule has 0 bridgehead atoms. The summed E-state index contributed by atoms with van der Waals surface area (Å²) in [5, 5.41) is 5.65. The molecule has 1 aromatic heterocycles. The second-order valence-corrected chi connectivity index (χ2v) is 7.07. The van der Waals surface area contributed by atoms with Crippen LogP contribution in [0.25, 0.3) is 0 Å². The fourth-order valence-electron chi connectivity index (χ4n) is 2.31. The molecule has 2 nitrogen and oxygen atoms in total. The molecule has 0 amide bonds. The average Bonchev–Trinajstić information content (AvgIpc) is 2.78. The zero-order valence-corrected chi connectivity index (χ0v) is 12.9. The van der Waals surface area contributed by atoms with Gasteiger partial charge in [-0.25, -0.2) is 0 Å². The van der Waals surface area contributed by atoms with Crippen molar-refractivity contribution >= 4 is 11.3 Å². The molecule has 0 aliphatic rings. The first-order valence-electron chi connectivity index (χ1n) is 6.97. The number of nitrogens with one attached hydrogen (secondary N) is 1. The van der Waals surface area contributed by atoms with Crippen molar-refractivity contribution < 1.29 is 0 Å². The molecule has 0 aromatic carbocycles. The van der Waals surface area contributed by atoms with Crippen LogP contribution in [-0.2, 0) is 6.54 Å². The molecule has 0 saturated heterocycles. The molecule has 0 aliphatic carbocycles. The van der Waals surface area contributed by atoms with E-state index in [2.05, 4.69) is 43.6 Å². The van der Waals surface area contributed by atoms with E-state index in [0.29, 0.717) is 5.41 Å². The molecule has 1 atom stereocenters. The normalized spacial score (nSPS) is 13.8. The quantitative estimate of drug-likeness (QED) is 0.707. The smallest absolute Gasteiger partial charge is 0.0299 e. The summed E-state index contributed by atoms with van der Waals surface area (Å²) in [6, 6.07) is 4.29. The van der Waals surface area contributed by atoms with Crippen molar-refractivity contribution in [2.24, 2.45) is 17.1 Å². The van der Waals surface area contributed by atoms with E-state index in [1.807, 2.05) is 11.3 Å². The van der Waals surface area contributed by atoms with Crippen LogP contribution in [0.1, 0.15) is 44.9 Å². The summed E-state index contributed by atoms with van der Waals surface area (Å²) in [5.74, 6) is 0.742. The third-order valence-electron chi connectivity index (χ3n) is 3.53. The van der Waals surface area contributed by atoms with Crippen LogP contribution in [0.4, 0.5) is 0 Å². The van der Waals surface area contributed by atoms with Crippen molar-refractivity contribution in [3.05, 3.63) is 22.4 Å². The first-order valence-corrected chi connectivity index (χ1v) is 7.85. The van der Waals surface area contributed by atoms with Crippen LogP contribution in [0.2, 0.25) is 0 Å². The third kappa shape index (κ3) is 5.98. The summed E-state index contributed by atoms with van der Waals surface area (Å²) >= 11 is 1.82. The number of hydrogen-bond acceptors (Lipinski definition) is 3. The van der Waals surface area contributed by atoms with Crippen molar-refractivity contribution in [2.75, 3.05) is 13.1 Å². The second-order valence-electron chi connectivity index (χ2n) is 6.04. The predicted octanol–water partition coefficient (Wildman–Crippen LogP) is 3.63. The standard InChI is InChI=1S/C15H28N2S/c1-15(2,3)13(8-9-16)6-4-10-17-12-14-7-5-11-18-14/h5,7,11,13,17H,4,6,8-10,12,16H2,1-3H3. The van der Waals surface area contributed by atoms with Crippen LogP contribution < -0.4 is 11.1 Å². The lowest BCUT2D eigenvalue weighted by molar-refractivity contribution is 0.210. The molecule has 1 rings (SSSR count). The SMILES string of the molecule is CC(C)(C)C(CCN)CCCNCc1cccs1. The van der Waals surface area contributed by atoms with E-state index >= 15 is 0 Å². The Morgan fingerprint density at radius 1 is 1.33 bits per heavy atom. The van der Waals surface area contributed by atoms with E-state index in [9.17, 15) is 0 Å². The second kappa shape index (κ2) is 7.93. The Bertz CT molecular complexity index is 301. The van der Waals surface area contributed by atoms with Crippen LogP contribution in [-0.4, -0.2) is 13.1 Å². The lowest BCUT2D eigenvalue weighted by Gasteiger charge is -2.30. The minimum absolute atomic E-state index is 0.382. The summed E-state index contributed by atoms with van der Waals surface area (Å²) in [4.78, 5) is 1.42. The molecule has 0 fully saturated rings. The monoisotopic (exact) mass is 268 g/mol. The lowest BCUT2D eigenvalue weighted by atomic mass is 9.76. The molecule has 0 spiro atoms. The largest absolute Gasteiger partial charge is 0.330 e. The highest BCUT2D eigenvalue weighted by molar-refractivity contribution is 7.09. The van der Waals surface area contributed by atoms with Gasteiger partial charge in [-0.1, -0.05) is 26.8 Å². The molecule has 3 heteroatoms. The minimum atomic E-state index is 0.382. The number of nitrogens with two attached hydrogens (primary N) is 1. The first-order chi connectivity index (χ1) is 8.54. The van der Waals surface area contributed by atoms with Crippen LogP contribution >= 0.6 is 11.3 Å². The minimum Gasteiger partial charge on any atom is -0.330 e. The molecule has 18 heavy (non-hydrogen) atoms. The Labute approximate surface area is 116 Å². The Morgan fingerprint density at radius 3 is 2.67 bits per heavy atom. The van der Waals surface area contributed by atoms with Gasteiger partial charge in [-0.05, 0) is 55.1 Å². The number of thiophene rings is 1. The molecular weight excluding hydrogens is 240 g/mol. The molecule has 1 heterocycles. The average molecular weight is 268 g/mol. The van der Waals surface area contributed by atoms with Gasteiger partial charge in [0.05, 0.1) is 0 Å². The van der Waals surface area contributed by atoms with Crippen molar-refractivity contribution in [1.82, 2.24) is 5.32 Å². The molecule has 1 aromatic rings. The van der Waals surface area contributed by atoms with E-state index in [1.54, 1.807) is 0 Å². The van der Waals surface area contributed by atoms with Gasteiger partial charge in [-0.15, -0.1) is 11.3 Å². The van der Waals surface area contributed by atoms with E-state index < -0.39 is 0 Å². The van der Waals surface area contributed by atoms with Gasteiger partial charge in [0, 0.05) is 11.4 Å². The fourth-order valence-corrected chi connectivity index (χ4v) is 2.98. The Hall–Kier alpha value is -0.380. The molecule has 104 valence electrons. The maximum Gasteiger partial charge on any atom is 0.0299 e. The predicted molar refractivity (Wildman–Crippen MR) is 81.9 cm³/mol. The van der Waals surface area contributed by atoms with Gasteiger partial charge < -0.3 is 11.1 Å². The number of rotatable bonds is 8. The molecule has 0 saturated carbocycles. The Balaban J connectivity index is 2.15. The summed E-state index contributed by atoms with van der Waals surface area (Å²) < 4.78 is 0. The zero-order valence-electron chi connectivity index (χ0n) is 12.0. The van der Waals surface area contributed by atoms with Crippen LogP contribution in [0.15, 0.2) is 17.5 Å². The van der Waals surface area contributed by atoms with Crippen molar-refractivity contribution in [3.8, 4) is 0 Å². The molecule has 0 aliphatic heterocycles. The van der Waals surface area contributed by atoms with Gasteiger partial charge in [0.15, 0.2) is 0 Å². The van der Waals surface area contributed by atoms with E-state index in [4.69, 9.17) is 5.73 Å². The maximum atomic E-state index is 5.71. The highest BCUT2D eigenvalue weighted by atomic mass is 32.1. The van der Waals surface area contributed by atoms with E-state index in [0.717, 1.165) is 32.0 Å². The van der Waals surface area contributed by atoms with E-state index in [-0.39, 0.29) is 0 Å². The van der Waals surface area contributed by atoms with Crippen LogP contribution in [0.3, 0.4) is 0 Å². The number of hydrogen-bond donors (Lipinski definition) is 2. The highest BCUT2D eigenvalue weighted by Gasteiger charge is 2.22. The zero-order chi connectivity index (χ0) is 13.4. The highest BCUT2D eigenvalue weighted by Crippen LogP contribution is 2.31. The van der Waals surface area contributed by atoms with Crippen molar-refractivity contribution in [1.29, 1.82) is 0 Å². The molecule has 1 unspecified atom stereocenters. The van der Waals surface area contributed by atoms with E-state index in [1.165, 1.54) is 17.7 Å². The summed E-state index contributed by atoms with van der Waals surface area (Å²) in [6.07, 6.45) is 3.67. The Kier molecular flexibility index (Phi) is 6.90. The Morgan fingerprint density at radius 2 is 2.11 bits per heavy atom. The van der Waals surface area contributed by atoms with Crippen molar-refractivity contribution in [2.45, 2.75) is 46.6 Å². The fraction of sp³-hybridized carbons (Fsp3) is 0.733. The first kappa shape index (κ1) is 15.7. The summed E-state index contributed by atoms with van der Waals surface area (Å²) in [7, 11) is 0. The van der Waals surface area contributed by atoms with Gasteiger partial charge >= 0.3 is 0 Å². The summed E-state index contributed by atoms with van der Waals surface area (Å²) in [5.41, 5.74) is 6.09. The lowest BCUT2D eigenvalue weighted by Crippen LogP contribution is -2.25. The third-order valence-corrected chi connectivity index (χ3v) is 4.40. The molecule has 0 radical (unpaired) electrons. The van der Waals surface area contributed by atoms with Crippen molar-refractivity contribution in [3.63, 3.8) is 0 Å². The molecular formula is C15H28N2S. The summed E-state index contributed by atoms with van der Waals surface area (Å²) in [6.45, 7) is 9.90. The van der Waals surface area contributed by atoms with Gasteiger partial charge in [0.2, 0.25) is 0 Å².